The monoisotopic (exact) mass is 418 g/mol. The second kappa shape index (κ2) is 11.0. The Kier molecular flexibility index (Phi) is 8.42. The highest BCUT2D eigenvalue weighted by Gasteiger charge is 2.24. The molecule has 2 aromatic carbocycles. The second-order valence-electron chi connectivity index (χ2n) is 6.55. The molecular formula is C21H26N2O7. The Morgan fingerprint density at radius 2 is 1.67 bits per heavy atom. The van der Waals surface area contributed by atoms with E-state index >= 15 is 0 Å². The van der Waals surface area contributed by atoms with Gasteiger partial charge in [0.2, 0.25) is 0 Å². The first-order chi connectivity index (χ1) is 14.3. The number of nitro groups is 1. The average Bonchev–Trinajstić information content (AvgIpc) is 2.70. The van der Waals surface area contributed by atoms with Crippen molar-refractivity contribution in [2.75, 3.05) is 40.6 Å². The molecule has 162 valence electrons. The number of carbonyl (C=O) groups is 1. The Bertz CT molecular complexity index is 879. The minimum atomic E-state index is -0.635. The molecule has 30 heavy (non-hydrogen) atoms. The van der Waals surface area contributed by atoms with Gasteiger partial charge < -0.3 is 24.3 Å². The molecule has 2 aromatic rings. The van der Waals surface area contributed by atoms with E-state index in [9.17, 15) is 14.9 Å². The van der Waals surface area contributed by atoms with Crippen LogP contribution in [0.15, 0.2) is 30.3 Å². The number of nitrogens with one attached hydrogen (secondary N) is 1. The lowest BCUT2D eigenvalue weighted by Gasteiger charge is -2.13. The maximum absolute atomic E-state index is 12.5. The number of benzene rings is 2. The number of hydrogen-bond acceptors (Lipinski definition) is 7. The lowest BCUT2D eigenvalue weighted by Crippen LogP contribution is -2.28. The molecule has 2 rings (SSSR count). The van der Waals surface area contributed by atoms with Crippen LogP contribution in [0.5, 0.6) is 17.2 Å². The molecule has 0 radical (unpaired) electrons. The number of rotatable bonds is 11. The van der Waals surface area contributed by atoms with Crippen LogP contribution in [0.25, 0.3) is 0 Å². The standard InChI is InChI=1S/C21H26N2O7/c1-14-9-15(2)11-16(10-14)29-6-5-22-21(24)17-12-19(28-4)20(30-8-7-27-3)13-18(17)23(25)26/h9-13H,5-8H2,1-4H3,(H,22,24). The van der Waals surface area contributed by atoms with Crippen LogP contribution in [-0.4, -0.2) is 51.4 Å². The fourth-order valence-corrected chi connectivity index (χ4v) is 2.83. The molecule has 1 amide bonds. The van der Waals surface area contributed by atoms with Crippen LogP contribution in [0, 0.1) is 24.0 Å². The summed E-state index contributed by atoms with van der Waals surface area (Å²) in [6, 6.07) is 8.29. The van der Waals surface area contributed by atoms with Gasteiger partial charge in [0, 0.05) is 13.2 Å². The molecule has 1 N–H and O–H groups in total. The molecule has 0 heterocycles. The highest BCUT2D eigenvalue weighted by Crippen LogP contribution is 2.34. The summed E-state index contributed by atoms with van der Waals surface area (Å²) >= 11 is 0. The zero-order valence-corrected chi connectivity index (χ0v) is 17.5. The zero-order chi connectivity index (χ0) is 22.1. The molecule has 0 aliphatic rings. The average molecular weight is 418 g/mol. The summed E-state index contributed by atoms with van der Waals surface area (Å²) in [5.74, 6) is 0.476. The molecule has 0 bridgehead atoms. The SMILES string of the molecule is COCCOc1cc([N+](=O)[O-])c(C(=O)NCCOc2cc(C)cc(C)c2)cc1OC. The van der Waals surface area contributed by atoms with E-state index in [0.717, 1.165) is 11.1 Å². The highest BCUT2D eigenvalue weighted by molar-refractivity contribution is 5.99. The maximum Gasteiger partial charge on any atom is 0.286 e. The Labute approximate surface area is 175 Å². The van der Waals surface area contributed by atoms with E-state index in [-0.39, 0.29) is 42.5 Å². The molecule has 0 fully saturated rings. The third-order valence-electron chi connectivity index (χ3n) is 4.12. The molecule has 0 saturated carbocycles. The van der Waals surface area contributed by atoms with Crippen LogP contribution < -0.4 is 19.5 Å². The largest absolute Gasteiger partial charge is 0.493 e. The predicted molar refractivity (Wildman–Crippen MR) is 111 cm³/mol. The van der Waals surface area contributed by atoms with E-state index in [1.807, 2.05) is 32.0 Å². The molecule has 0 aliphatic heterocycles. The number of methoxy groups -OCH3 is 2. The number of amides is 1. The van der Waals surface area contributed by atoms with Crippen molar-refractivity contribution in [2.45, 2.75) is 13.8 Å². The second-order valence-corrected chi connectivity index (χ2v) is 6.55. The summed E-state index contributed by atoms with van der Waals surface area (Å²) in [6.07, 6.45) is 0. The topological polar surface area (TPSA) is 109 Å². The highest BCUT2D eigenvalue weighted by atomic mass is 16.6. The van der Waals surface area contributed by atoms with Crippen LogP contribution in [-0.2, 0) is 4.74 Å². The van der Waals surface area contributed by atoms with Crippen LogP contribution in [0.4, 0.5) is 5.69 Å². The molecule has 0 atom stereocenters. The van der Waals surface area contributed by atoms with Gasteiger partial charge in [0.1, 0.15) is 24.5 Å². The molecule has 0 spiro atoms. The van der Waals surface area contributed by atoms with Crippen molar-refractivity contribution in [3.63, 3.8) is 0 Å². The normalized spacial score (nSPS) is 10.4. The lowest BCUT2D eigenvalue weighted by molar-refractivity contribution is -0.385. The predicted octanol–water partition coefficient (Wildman–Crippen LogP) is 3.05. The summed E-state index contributed by atoms with van der Waals surface area (Å²) in [4.78, 5) is 23.4. The molecule has 0 aromatic heterocycles. The number of ether oxygens (including phenoxy) is 4. The Morgan fingerprint density at radius 1 is 0.967 bits per heavy atom. The first-order valence-corrected chi connectivity index (χ1v) is 9.33. The van der Waals surface area contributed by atoms with Crippen LogP contribution in [0.2, 0.25) is 0 Å². The van der Waals surface area contributed by atoms with Gasteiger partial charge in [0.05, 0.1) is 31.3 Å². The summed E-state index contributed by atoms with van der Waals surface area (Å²) in [6.45, 7) is 4.83. The van der Waals surface area contributed by atoms with E-state index in [0.29, 0.717) is 12.4 Å². The molecule has 0 unspecified atom stereocenters. The van der Waals surface area contributed by atoms with Gasteiger partial charge in [-0.05, 0) is 37.1 Å². The van der Waals surface area contributed by atoms with Crippen LogP contribution >= 0.6 is 0 Å². The van der Waals surface area contributed by atoms with Gasteiger partial charge in [0.25, 0.3) is 11.6 Å². The van der Waals surface area contributed by atoms with Gasteiger partial charge in [-0.3, -0.25) is 14.9 Å². The maximum atomic E-state index is 12.5. The molecule has 0 aliphatic carbocycles. The third kappa shape index (κ3) is 6.35. The fraction of sp³-hybridized carbons (Fsp3) is 0.381. The third-order valence-corrected chi connectivity index (χ3v) is 4.12. The van der Waals surface area contributed by atoms with E-state index < -0.39 is 10.8 Å². The minimum Gasteiger partial charge on any atom is -0.493 e. The first kappa shape index (κ1) is 23.0. The number of nitro benzene ring substituents is 1. The van der Waals surface area contributed by atoms with Gasteiger partial charge in [-0.1, -0.05) is 6.07 Å². The van der Waals surface area contributed by atoms with Gasteiger partial charge in [-0.15, -0.1) is 0 Å². The summed E-state index contributed by atoms with van der Waals surface area (Å²) in [5.41, 5.74) is 1.65. The van der Waals surface area contributed by atoms with E-state index in [1.54, 1.807) is 0 Å². The quantitative estimate of drug-likeness (QED) is 0.339. The molecular weight excluding hydrogens is 392 g/mol. The Balaban J connectivity index is 2.06. The Hall–Kier alpha value is -3.33. The van der Waals surface area contributed by atoms with Crippen molar-refractivity contribution in [1.82, 2.24) is 5.32 Å². The zero-order valence-electron chi connectivity index (χ0n) is 17.5. The fourth-order valence-electron chi connectivity index (χ4n) is 2.83. The van der Waals surface area contributed by atoms with Gasteiger partial charge in [-0.25, -0.2) is 0 Å². The Morgan fingerprint density at radius 3 is 2.27 bits per heavy atom. The first-order valence-electron chi connectivity index (χ1n) is 9.33. The molecule has 9 heteroatoms. The van der Waals surface area contributed by atoms with Crippen LogP contribution in [0.3, 0.4) is 0 Å². The van der Waals surface area contributed by atoms with Crippen molar-refractivity contribution in [3.05, 3.63) is 57.1 Å². The minimum absolute atomic E-state index is 0.123. The van der Waals surface area contributed by atoms with Gasteiger partial charge >= 0.3 is 0 Å². The van der Waals surface area contributed by atoms with Crippen molar-refractivity contribution >= 4 is 11.6 Å². The smallest absolute Gasteiger partial charge is 0.286 e. The number of aryl methyl sites for hydroxylation is 2. The lowest BCUT2D eigenvalue weighted by atomic mass is 10.1. The number of hydrogen-bond donors (Lipinski definition) is 1. The molecule has 0 saturated heterocycles. The van der Waals surface area contributed by atoms with Crippen LogP contribution in [0.1, 0.15) is 21.5 Å². The summed E-state index contributed by atoms with van der Waals surface area (Å²) in [7, 11) is 2.91. The van der Waals surface area contributed by atoms with Crippen molar-refractivity contribution in [1.29, 1.82) is 0 Å². The van der Waals surface area contributed by atoms with Gasteiger partial charge in [0.15, 0.2) is 11.5 Å². The summed E-state index contributed by atoms with van der Waals surface area (Å²) < 4.78 is 21.2. The van der Waals surface area contributed by atoms with Crippen molar-refractivity contribution < 1.29 is 28.7 Å². The van der Waals surface area contributed by atoms with Crippen molar-refractivity contribution in [3.8, 4) is 17.2 Å². The van der Waals surface area contributed by atoms with Crippen molar-refractivity contribution in [2.24, 2.45) is 0 Å². The molecule has 9 nitrogen and oxygen atoms in total. The number of carbonyl (C=O) groups excluding carboxylic acids is 1. The van der Waals surface area contributed by atoms with E-state index in [1.165, 1.54) is 26.4 Å². The number of nitrogens with zero attached hydrogens (tertiary/aromatic N) is 1. The van der Waals surface area contributed by atoms with E-state index in [4.69, 9.17) is 18.9 Å². The van der Waals surface area contributed by atoms with Gasteiger partial charge in [-0.2, -0.15) is 0 Å². The summed E-state index contributed by atoms with van der Waals surface area (Å²) in [5, 5.41) is 14.1. The van der Waals surface area contributed by atoms with E-state index in [2.05, 4.69) is 5.32 Å².